The first-order valence-electron chi connectivity index (χ1n) is 21.7. The Bertz CT molecular complexity index is 3220. The molecule has 6 heteroatoms. The molecule has 62 heavy (non-hydrogen) atoms. The van der Waals surface area contributed by atoms with Gasteiger partial charge in [0.2, 0.25) is 0 Å². The Morgan fingerprint density at radius 3 is 1.55 bits per heavy atom. The predicted octanol–water partition coefficient (Wildman–Crippen LogP) is 12.5. The average molecular weight is 866 g/mol. The zero-order chi connectivity index (χ0) is 41.6. The van der Waals surface area contributed by atoms with Crippen LogP contribution in [0, 0.1) is 0 Å². The third-order valence-corrected chi connectivity index (χ3v) is 24.2. The number of fused-ring (bicyclic) bond motifs is 17. The van der Waals surface area contributed by atoms with Crippen LogP contribution in [0.2, 0.25) is 26.2 Å². The second kappa shape index (κ2) is 12.8. The van der Waals surface area contributed by atoms with Crippen molar-refractivity contribution in [3.05, 3.63) is 231 Å². The largest absolute Gasteiger partial charge is 0.454 e. The maximum Gasteiger partial charge on any atom is 0.159 e. The number of furan rings is 1. The second-order valence-electron chi connectivity index (χ2n) is 18.3. The fraction of sp³-hybridized carbons (Fsp3) is 0.107. The maximum absolute atomic E-state index is 6.87. The Morgan fingerprint density at radius 2 is 0.952 bits per heavy atom. The number of benzene rings is 7. The fourth-order valence-electron chi connectivity index (χ4n) is 12.1. The van der Waals surface area contributed by atoms with Gasteiger partial charge in [-0.3, -0.25) is 4.90 Å². The highest BCUT2D eigenvalue weighted by atomic mass is 32.1. The van der Waals surface area contributed by atoms with Crippen LogP contribution in [0.3, 0.4) is 0 Å². The Kier molecular flexibility index (Phi) is 7.54. The molecule has 7 aromatic carbocycles. The van der Waals surface area contributed by atoms with Gasteiger partial charge in [-0.1, -0.05) is 172 Å². The van der Waals surface area contributed by atoms with Crippen molar-refractivity contribution in [1.82, 2.24) is 0 Å². The first kappa shape index (κ1) is 36.6. The number of hydrogen-bond donors (Lipinski definition) is 0. The van der Waals surface area contributed by atoms with E-state index in [9.17, 15) is 0 Å². The molecular weight excluding hydrogens is 823 g/mol. The Balaban J connectivity index is 1.23. The highest BCUT2D eigenvalue weighted by Gasteiger charge is 2.62. The molecule has 2 aliphatic heterocycles. The van der Waals surface area contributed by atoms with Gasteiger partial charge in [-0.2, -0.15) is 0 Å². The minimum absolute atomic E-state index is 0.531. The van der Waals surface area contributed by atoms with Crippen molar-refractivity contribution in [3.8, 4) is 0 Å². The van der Waals surface area contributed by atoms with E-state index in [0.717, 1.165) is 33.3 Å². The molecule has 2 spiro atoms. The lowest BCUT2D eigenvalue weighted by Crippen LogP contribution is -2.66. The van der Waals surface area contributed by atoms with Gasteiger partial charge in [0.05, 0.1) is 16.5 Å². The normalized spacial score (nSPS) is 16.6. The van der Waals surface area contributed by atoms with E-state index in [1.54, 1.807) is 0 Å². The molecule has 10 aromatic rings. The van der Waals surface area contributed by atoms with Crippen LogP contribution in [0.4, 0.5) is 16.4 Å². The first-order valence-corrected chi connectivity index (χ1v) is 29.4. The van der Waals surface area contributed by atoms with Crippen LogP contribution in [0.15, 0.2) is 192 Å². The summed E-state index contributed by atoms with van der Waals surface area (Å²) < 4.78 is 6.87. The highest BCUT2D eigenvalue weighted by Crippen LogP contribution is 2.65. The number of para-hydroxylation sites is 3. The van der Waals surface area contributed by atoms with Gasteiger partial charge in [-0.25, -0.2) is 0 Å². The summed E-state index contributed by atoms with van der Waals surface area (Å²) in [6, 6.07) is 69.2. The molecule has 0 fully saturated rings. The van der Waals surface area contributed by atoms with Crippen LogP contribution in [0.1, 0.15) is 43.1 Å². The van der Waals surface area contributed by atoms with Crippen molar-refractivity contribution >= 4 is 97.9 Å². The molecule has 0 N–H and O–H groups in total. The van der Waals surface area contributed by atoms with E-state index in [4.69, 9.17) is 4.42 Å². The molecule has 0 amide bonds. The Hall–Kier alpha value is -6.03. The second-order valence-corrected chi connectivity index (χ2v) is 28.9. The summed E-state index contributed by atoms with van der Waals surface area (Å²) in [6.45, 7) is 10.2. The summed E-state index contributed by atoms with van der Waals surface area (Å²) in [5, 5.41) is 11.9. The molecule has 3 aliphatic rings. The van der Waals surface area contributed by atoms with E-state index in [1.165, 1.54) is 68.9 Å². The monoisotopic (exact) mass is 865 g/mol. The molecule has 0 bridgehead atoms. The number of nitrogens with zero attached hydrogens (tertiary/aromatic N) is 1. The third kappa shape index (κ3) is 4.43. The van der Waals surface area contributed by atoms with Crippen LogP contribution in [0.25, 0.3) is 21.9 Å². The fourth-order valence-corrected chi connectivity index (χ4v) is 21.2. The molecule has 0 unspecified atom stereocenters. The Morgan fingerprint density at radius 1 is 0.452 bits per heavy atom. The molecule has 2 nitrogen and oxygen atoms in total. The first-order chi connectivity index (χ1) is 30.3. The lowest BCUT2D eigenvalue weighted by molar-refractivity contribution is 0.646. The van der Waals surface area contributed by atoms with Crippen LogP contribution in [0.5, 0.6) is 0 Å². The van der Waals surface area contributed by atoms with Crippen LogP contribution >= 0.6 is 22.7 Å². The van der Waals surface area contributed by atoms with E-state index in [-0.39, 0.29) is 0 Å². The van der Waals surface area contributed by atoms with Gasteiger partial charge in [0.1, 0.15) is 26.7 Å². The van der Waals surface area contributed by atoms with Gasteiger partial charge in [0, 0.05) is 26.2 Å². The van der Waals surface area contributed by atoms with E-state index < -0.39 is 27.0 Å². The zero-order valence-corrected chi connectivity index (χ0v) is 38.7. The summed E-state index contributed by atoms with van der Waals surface area (Å²) in [5.74, 6) is 0. The van der Waals surface area contributed by atoms with Gasteiger partial charge < -0.3 is 4.42 Å². The van der Waals surface area contributed by atoms with Gasteiger partial charge in [-0.15, -0.1) is 22.7 Å². The standard InChI is InChI=1S/C56H43NOS2Si2/c1-61(2)47-29-14-9-23-39(47)55(40-24-10-15-30-48(40)61)43-33-34-59-53(43)56(41-25-11-16-31-49(41)62(3,4)50-32-17-12-26-42(50)56)44-35-51(60-54(44)55)57(36-19-6-5-7-20-36)45-27-18-22-38-37-21-8-13-28-46(37)58-52(38)45/h5-35H,1-4H3. The van der Waals surface area contributed by atoms with Crippen molar-refractivity contribution in [1.29, 1.82) is 0 Å². The van der Waals surface area contributed by atoms with Crippen LogP contribution < -0.4 is 25.6 Å². The maximum atomic E-state index is 6.87. The lowest BCUT2D eigenvalue weighted by atomic mass is 9.55. The molecule has 0 radical (unpaired) electrons. The quantitative estimate of drug-likeness (QED) is 0.165. The molecule has 3 aromatic heterocycles. The molecule has 5 heterocycles. The summed E-state index contributed by atoms with van der Waals surface area (Å²) >= 11 is 3.94. The van der Waals surface area contributed by atoms with E-state index in [1.807, 2.05) is 22.7 Å². The van der Waals surface area contributed by atoms with Crippen molar-refractivity contribution in [2.45, 2.75) is 37.0 Å². The van der Waals surface area contributed by atoms with Crippen molar-refractivity contribution in [2.24, 2.45) is 0 Å². The van der Waals surface area contributed by atoms with E-state index in [0.29, 0.717) is 0 Å². The SMILES string of the molecule is C[Si]1(C)c2ccccc2C2(c3ccccc31)c1cc(N(c3ccccc3)c3cccc4c3oc3ccccc34)sc1C1(c3ccccc3[Si](C)(C)c3ccccc31)c1ccsc12. The summed E-state index contributed by atoms with van der Waals surface area (Å²) in [6.07, 6.45) is 0. The van der Waals surface area contributed by atoms with Gasteiger partial charge in [-0.05, 0) is 95.9 Å². The molecule has 13 rings (SSSR count). The Labute approximate surface area is 372 Å². The molecular formula is C56H43NOS2Si2. The van der Waals surface area contributed by atoms with Gasteiger partial charge in [0.25, 0.3) is 0 Å². The highest BCUT2D eigenvalue weighted by molar-refractivity contribution is 7.17. The van der Waals surface area contributed by atoms with Crippen molar-refractivity contribution < 1.29 is 4.42 Å². The minimum atomic E-state index is -2.12. The van der Waals surface area contributed by atoms with Crippen LogP contribution in [-0.4, -0.2) is 16.1 Å². The van der Waals surface area contributed by atoms with Gasteiger partial charge >= 0.3 is 0 Å². The molecule has 298 valence electrons. The number of thiophene rings is 2. The molecule has 0 saturated carbocycles. The number of anilines is 3. The number of rotatable bonds is 3. The van der Waals surface area contributed by atoms with Gasteiger partial charge in [0.15, 0.2) is 5.58 Å². The summed E-state index contributed by atoms with van der Waals surface area (Å²) in [4.78, 5) is 5.34. The van der Waals surface area contributed by atoms with Crippen molar-refractivity contribution in [3.63, 3.8) is 0 Å². The average Bonchev–Trinajstić information content (AvgIpc) is 4.08. The molecule has 1 aliphatic carbocycles. The third-order valence-electron chi connectivity index (χ3n) is 14.8. The smallest absolute Gasteiger partial charge is 0.159 e. The molecule has 0 atom stereocenters. The van der Waals surface area contributed by atoms with Crippen LogP contribution in [-0.2, 0) is 10.8 Å². The topological polar surface area (TPSA) is 16.4 Å². The summed E-state index contributed by atoms with van der Waals surface area (Å²) in [7, 11) is -4.25. The zero-order valence-electron chi connectivity index (χ0n) is 35.1. The lowest BCUT2D eigenvalue weighted by Gasteiger charge is -2.54. The van der Waals surface area contributed by atoms with E-state index in [2.05, 4.69) is 218 Å². The van der Waals surface area contributed by atoms with E-state index >= 15 is 0 Å². The summed E-state index contributed by atoms with van der Waals surface area (Å²) in [5.41, 5.74) is 11.5. The molecule has 0 saturated heterocycles. The minimum Gasteiger partial charge on any atom is -0.454 e. The predicted molar refractivity (Wildman–Crippen MR) is 268 cm³/mol. The van der Waals surface area contributed by atoms with Crippen molar-refractivity contribution in [2.75, 3.05) is 4.90 Å². The number of hydrogen-bond acceptors (Lipinski definition) is 4.